The quantitative estimate of drug-likeness (QED) is 0.375. The van der Waals surface area contributed by atoms with E-state index in [1.165, 1.54) is 12.1 Å². The third-order valence-corrected chi connectivity index (χ3v) is 6.20. The number of nitrogens with two attached hydrogens (primary N) is 2. The molecule has 0 saturated carbocycles. The lowest BCUT2D eigenvalue weighted by Crippen LogP contribution is -2.56. The van der Waals surface area contributed by atoms with Gasteiger partial charge in [-0.2, -0.15) is 0 Å². The zero-order chi connectivity index (χ0) is 22.1. The van der Waals surface area contributed by atoms with Crippen LogP contribution in [0.4, 0.5) is 0 Å². The van der Waals surface area contributed by atoms with Crippen molar-refractivity contribution in [3.63, 3.8) is 0 Å². The van der Waals surface area contributed by atoms with Crippen LogP contribution in [0.25, 0.3) is 10.8 Å². The Bertz CT molecular complexity index is 1220. The van der Waals surface area contributed by atoms with E-state index in [2.05, 4.69) is 0 Å². The Morgan fingerprint density at radius 1 is 1.17 bits per heavy atom. The number of carbonyl (C=O) groups excluding carboxylic acids is 3. The summed E-state index contributed by atoms with van der Waals surface area (Å²) in [7, 11) is 0. The molecule has 0 unspecified atom stereocenters. The number of aromatic hydroxyl groups is 2. The Balaban J connectivity index is 2.05. The van der Waals surface area contributed by atoms with Gasteiger partial charge in [-0.05, 0) is 24.1 Å². The number of halogens is 1. The molecule has 9 nitrogen and oxygen atoms in total. The van der Waals surface area contributed by atoms with Crippen LogP contribution in [0, 0.1) is 5.92 Å². The van der Waals surface area contributed by atoms with Crippen LogP contribution in [0.2, 0.25) is 5.02 Å². The van der Waals surface area contributed by atoms with Gasteiger partial charge in [0.25, 0.3) is 5.91 Å². The van der Waals surface area contributed by atoms with Crippen molar-refractivity contribution in [3.8, 4) is 11.5 Å². The lowest BCUT2D eigenvalue weighted by Gasteiger charge is -2.41. The summed E-state index contributed by atoms with van der Waals surface area (Å²) in [5.41, 5.74) is 7.39. The van der Waals surface area contributed by atoms with Crippen LogP contribution in [0.1, 0.15) is 27.9 Å². The van der Waals surface area contributed by atoms with Crippen LogP contribution in [0.15, 0.2) is 23.5 Å². The minimum absolute atomic E-state index is 0.0847. The van der Waals surface area contributed by atoms with Crippen LogP contribution in [0.5, 0.6) is 11.5 Å². The number of amides is 1. The van der Waals surface area contributed by atoms with Crippen LogP contribution in [-0.4, -0.2) is 43.5 Å². The van der Waals surface area contributed by atoms with Gasteiger partial charge in [-0.3, -0.25) is 14.4 Å². The summed E-state index contributed by atoms with van der Waals surface area (Å²) in [5, 5.41) is 43.2. The number of rotatable bonds is 2. The van der Waals surface area contributed by atoms with E-state index in [1.54, 1.807) is 0 Å². The van der Waals surface area contributed by atoms with E-state index in [1.807, 2.05) is 0 Å². The number of phenols is 2. The van der Waals surface area contributed by atoms with Gasteiger partial charge in [-0.15, -0.1) is 0 Å². The van der Waals surface area contributed by atoms with Crippen molar-refractivity contribution in [1.82, 2.24) is 0 Å². The summed E-state index contributed by atoms with van der Waals surface area (Å²) in [6, 6.07) is 2.91. The molecule has 0 fully saturated rings. The minimum Gasteiger partial charge on any atom is -0.508 e. The van der Waals surface area contributed by atoms with Gasteiger partial charge >= 0.3 is 0 Å². The first kappa shape index (κ1) is 20.1. The van der Waals surface area contributed by atoms with Crippen molar-refractivity contribution in [2.24, 2.45) is 17.4 Å². The zero-order valence-corrected chi connectivity index (χ0v) is 16.2. The first-order valence-corrected chi connectivity index (χ1v) is 9.34. The molecule has 2 atom stereocenters. The minimum atomic E-state index is -2.62. The molecule has 2 aliphatic carbocycles. The number of aliphatic hydroxyl groups is 2. The van der Waals surface area contributed by atoms with Gasteiger partial charge in [0.2, 0.25) is 5.78 Å². The molecule has 0 spiro atoms. The maximum atomic E-state index is 13.3. The number of Topliss-reactive ketones (excluding diaryl/α,β-unsaturated/α-hetero) is 2. The molecule has 0 bridgehead atoms. The van der Waals surface area contributed by atoms with Gasteiger partial charge < -0.3 is 31.9 Å². The van der Waals surface area contributed by atoms with Gasteiger partial charge in [0.05, 0.1) is 10.9 Å². The van der Waals surface area contributed by atoms with Crippen molar-refractivity contribution in [3.05, 3.63) is 45.2 Å². The second-order valence-corrected chi connectivity index (χ2v) is 7.87. The first-order valence-electron chi connectivity index (χ1n) is 8.96. The van der Waals surface area contributed by atoms with Crippen LogP contribution in [-0.2, 0) is 22.6 Å². The molecular formula is C20H17ClN2O7. The Labute approximate surface area is 174 Å². The number of aliphatic hydroxyl groups excluding tert-OH is 1. The van der Waals surface area contributed by atoms with Gasteiger partial charge in [-0.1, -0.05) is 11.6 Å². The van der Waals surface area contributed by atoms with E-state index in [4.69, 9.17) is 23.1 Å². The number of phenolic OH excluding ortho intramolecular Hbond substituents is 2. The topological polar surface area (TPSA) is 184 Å². The van der Waals surface area contributed by atoms with Crippen molar-refractivity contribution in [2.45, 2.75) is 25.0 Å². The van der Waals surface area contributed by atoms with Gasteiger partial charge in [0, 0.05) is 34.9 Å². The predicted octanol–water partition coefficient (Wildman–Crippen LogP) is 0.719. The molecule has 156 valence electrons. The molecule has 4 rings (SSSR count). The standard InChI is InChI=1S/C20H17ClN2O7/c21-10-3-7(5-22)15(25)13-9(10)2-6-1-8-4-11(24)14(19(23)29)18(28)20(8,30)17(27)12(6)16(13)26/h2-3,8,25-26,28,30H,1,4-5,22H2,(H2,23,29)/t8-,20-/m0/s1. The maximum absolute atomic E-state index is 13.3. The van der Waals surface area contributed by atoms with Crippen molar-refractivity contribution in [2.75, 3.05) is 0 Å². The average Bonchev–Trinajstić information content (AvgIpc) is 2.67. The first-order chi connectivity index (χ1) is 14.0. The SMILES string of the molecule is NCc1cc(Cl)c2cc3c(c(O)c2c1O)C(=O)[C@]1(O)C(O)=C(C(N)=O)C(=O)C[C@@H]1C3. The summed E-state index contributed by atoms with van der Waals surface area (Å²) < 4.78 is 0. The number of fused-ring (bicyclic) bond motifs is 3. The van der Waals surface area contributed by atoms with Gasteiger partial charge in [0.15, 0.2) is 11.4 Å². The summed E-state index contributed by atoms with van der Waals surface area (Å²) >= 11 is 6.26. The fourth-order valence-corrected chi connectivity index (χ4v) is 4.67. The number of ketones is 2. The largest absolute Gasteiger partial charge is 0.508 e. The molecule has 2 aliphatic rings. The van der Waals surface area contributed by atoms with E-state index in [-0.39, 0.29) is 51.2 Å². The molecule has 10 heteroatoms. The number of benzene rings is 2. The zero-order valence-electron chi connectivity index (χ0n) is 15.4. The molecular weight excluding hydrogens is 416 g/mol. The molecule has 0 radical (unpaired) electrons. The maximum Gasteiger partial charge on any atom is 0.255 e. The second kappa shape index (κ2) is 6.43. The van der Waals surface area contributed by atoms with E-state index in [0.717, 1.165) is 0 Å². The highest BCUT2D eigenvalue weighted by Gasteiger charge is 2.57. The molecule has 30 heavy (non-hydrogen) atoms. The highest BCUT2D eigenvalue weighted by atomic mass is 35.5. The fraction of sp³-hybridized carbons (Fsp3) is 0.250. The Hall–Kier alpha value is -3.14. The number of hydrogen-bond donors (Lipinski definition) is 6. The highest BCUT2D eigenvalue weighted by Crippen LogP contribution is 2.50. The highest BCUT2D eigenvalue weighted by molar-refractivity contribution is 6.36. The molecule has 0 saturated heterocycles. The summed E-state index contributed by atoms with van der Waals surface area (Å²) in [6.45, 7) is -0.0917. The van der Waals surface area contributed by atoms with E-state index >= 15 is 0 Å². The van der Waals surface area contributed by atoms with Crippen LogP contribution in [0.3, 0.4) is 0 Å². The smallest absolute Gasteiger partial charge is 0.255 e. The van der Waals surface area contributed by atoms with Gasteiger partial charge in [-0.25, -0.2) is 0 Å². The summed E-state index contributed by atoms with van der Waals surface area (Å²) in [6.07, 6.45) is -0.493. The van der Waals surface area contributed by atoms with E-state index in [0.29, 0.717) is 0 Å². The number of hydrogen-bond acceptors (Lipinski definition) is 8. The van der Waals surface area contributed by atoms with Crippen LogP contribution >= 0.6 is 11.6 Å². The normalized spacial score (nSPS) is 23.5. The molecule has 8 N–H and O–H groups in total. The van der Waals surface area contributed by atoms with E-state index in [9.17, 15) is 34.8 Å². The molecule has 0 aliphatic heterocycles. The van der Waals surface area contributed by atoms with Crippen LogP contribution < -0.4 is 11.5 Å². The summed E-state index contributed by atoms with van der Waals surface area (Å²) in [5.74, 6) is -6.44. The molecule has 0 heterocycles. The Morgan fingerprint density at radius 3 is 2.43 bits per heavy atom. The van der Waals surface area contributed by atoms with Crippen molar-refractivity contribution in [1.29, 1.82) is 0 Å². The number of carbonyl (C=O) groups is 3. The summed E-state index contributed by atoms with van der Waals surface area (Å²) in [4.78, 5) is 37.1. The lowest BCUT2D eigenvalue weighted by atomic mass is 9.64. The third kappa shape index (κ3) is 2.40. The van der Waals surface area contributed by atoms with Crippen molar-refractivity contribution < 1.29 is 34.8 Å². The Morgan fingerprint density at radius 2 is 1.83 bits per heavy atom. The second-order valence-electron chi connectivity index (χ2n) is 7.46. The molecule has 0 aromatic heterocycles. The Kier molecular flexibility index (Phi) is 4.32. The third-order valence-electron chi connectivity index (χ3n) is 5.89. The van der Waals surface area contributed by atoms with Gasteiger partial charge in [0.1, 0.15) is 22.8 Å². The molecule has 2 aromatic rings. The average molecular weight is 433 g/mol. The van der Waals surface area contributed by atoms with E-state index < -0.39 is 52.5 Å². The predicted molar refractivity (Wildman–Crippen MR) is 105 cm³/mol. The lowest BCUT2D eigenvalue weighted by molar-refractivity contribution is -0.125. The molecule has 1 amide bonds. The molecule has 2 aromatic carbocycles. The monoisotopic (exact) mass is 432 g/mol. The number of primary amides is 1. The van der Waals surface area contributed by atoms with Crippen molar-refractivity contribution >= 4 is 39.8 Å². The fourth-order valence-electron chi connectivity index (χ4n) is 4.39.